The molecule has 0 unspecified atom stereocenters. The van der Waals surface area contributed by atoms with Gasteiger partial charge in [0, 0.05) is 10.4 Å². The standard InChI is InChI=1S/C21H22N2O4S/c1-5-15-13(4)28-20(17(15)21(25)26-6-2)22-19(24)16-12(3)27-23-18(16)14-10-8-7-9-11-14/h7-11H,5-6H2,1-4H3,(H,22,24). The minimum absolute atomic E-state index is 0.271. The van der Waals surface area contributed by atoms with Crippen molar-refractivity contribution in [2.45, 2.75) is 34.1 Å². The van der Waals surface area contributed by atoms with Gasteiger partial charge in [-0.2, -0.15) is 0 Å². The highest BCUT2D eigenvalue weighted by atomic mass is 32.1. The number of hydrogen-bond donors (Lipinski definition) is 1. The van der Waals surface area contributed by atoms with E-state index in [1.165, 1.54) is 11.3 Å². The molecule has 28 heavy (non-hydrogen) atoms. The Morgan fingerprint density at radius 3 is 2.50 bits per heavy atom. The third-order valence-electron chi connectivity index (χ3n) is 4.41. The average molecular weight is 398 g/mol. The molecular weight excluding hydrogens is 376 g/mol. The number of amides is 1. The Hall–Kier alpha value is -2.93. The number of nitrogens with zero attached hydrogens (tertiary/aromatic N) is 1. The Morgan fingerprint density at radius 1 is 1.14 bits per heavy atom. The molecule has 6 nitrogen and oxygen atoms in total. The number of thiophene rings is 1. The van der Waals surface area contributed by atoms with Crippen LogP contribution in [0, 0.1) is 13.8 Å². The molecule has 1 N–H and O–H groups in total. The van der Waals surface area contributed by atoms with Gasteiger partial charge in [-0.25, -0.2) is 4.79 Å². The molecule has 0 radical (unpaired) electrons. The van der Waals surface area contributed by atoms with E-state index in [0.717, 1.165) is 16.0 Å². The predicted molar refractivity (Wildman–Crippen MR) is 109 cm³/mol. The number of hydrogen-bond acceptors (Lipinski definition) is 6. The second-order valence-electron chi connectivity index (χ2n) is 6.20. The number of benzene rings is 1. The number of ether oxygens (including phenoxy) is 1. The summed E-state index contributed by atoms with van der Waals surface area (Å²) in [5, 5.41) is 7.41. The zero-order chi connectivity index (χ0) is 20.3. The highest BCUT2D eigenvalue weighted by molar-refractivity contribution is 7.16. The number of nitrogens with one attached hydrogen (secondary N) is 1. The molecule has 7 heteroatoms. The first-order chi connectivity index (χ1) is 13.5. The molecule has 0 bridgehead atoms. The number of rotatable bonds is 6. The molecule has 3 aromatic rings. The molecule has 0 atom stereocenters. The lowest BCUT2D eigenvalue weighted by Gasteiger charge is -2.08. The molecule has 0 aliphatic rings. The summed E-state index contributed by atoms with van der Waals surface area (Å²) in [7, 11) is 0. The maximum absolute atomic E-state index is 13.1. The van der Waals surface area contributed by atoms with Crippen molar-refractivity contribution in [3.63, 3.8) is 0 Å². The summed E-state index contributed by atoms with van der Waals surface area (Å²) >= 11 is 1.37. The molecule has 146 valence electrons. The van der Waals surface area contributed by atoms with E-state index < -0.39 is 5.97 Å². The first-order valence-electron chi connectivity index (χ1n) is 9.10. The molecule has 0 aliphatic heterocycles. The summed E-state index contributed by atoms with van der Waals surface area (Å²) in [6, 6.07) is 9.36. The third kappa shape index (κ3) is 3.71. The van der Waals surface area contributed by atoms with Crippen LogP contribution in [-0.4, -0.2) is 23.6 Å². The Labute approximate surface area is 167 Å². The van der Waals surface area contributed by atoms with Crippen molar-refractivity contribution in [3.05, 3.63) is 57.7 Å². The Kier molecular flexibility index (Phi) is 5.94. The quantitative estimate of drug-likeness (QED) is 0.590. The largest absolute Gasteiger partial charge is 0.462 e. The summed E-state index contributed by atoms with van der Waals surface area (Å²) in [6.45, 7) is 7.63. The van der Waals surface area contributed by atoms with E-state index in [0.29, 0.717) is 34.0 Å². The number of aryl methyl sites for hydroxylation is 2. The molecular formula is C21H22N2O4S. The molecule has 1 amide bonds. The summed E-state index contributed by atoms with van der Waals surface area (Å²) in [5.41, 5.74) is 2.92. The fourth-order valence-electron chi connectivity index (χ4n) is 3.11. The summed E-state index contributed by atoms with van der Waals surface area (Å²) < 4.78 is 10.5. The second-order valence-corrected chi connectivity index (χ2v) is 7.42. The number of aromatic nitrogens is 1. The first kappa shape index (κ1) is 19.8. The molecule has 0 saturated heterocycles. The van der Waals surface area contributed by atoms with Crippen LogP contribution in [0.5, 0.6) is 0 Å². The minimum atomic E-state index is -0.427. The van der Waals surface area contributed by atoms with Crippen LogP contribution >= 0.6 is 11.3 Å². The van der Waals surface area contributed by atoms with E-state index in [4.69, 9.17) is 9.26 Å². The van der Waals surface area contributed by atoms with Crippen molar-refractivity contribution < 1.29 is 18.8 Å². The van der Waals surface area contributed by atoms with Crippen LogP contribution in [0.3, 0.4) is 0 Å². The van der Waals surface area contributed by atoms with Gasteiger partial charge in [0.05, 0.1) is 12.2 Å². The molecule has 0 aliphatic carbocycles. The van der Waals surface area contributed by atoms with Gasteiger partial charge < -0.3 is 14.6 Å². The average Bonchev–Trinajstić information content (AvgIpc) is 3.22. The predicted octanol–water partition coefficient (Wildman–Crippen LogP) is 5.01. The van der Waals surface area contributed by atoms with Gasteiger partial charge in [-0.1, -0.05) is 42.4 Å². The van der Waals surface area contributed by atoms with Crippen molar-refractivity contribution in [1.29, 1.82) is 0 Å². The van der Waals surface area contributed by atoms with Crippen molar-refractivity contribution in [1.82, 2.24) is 5.16 Å². The lowest BCUT2D eigenvalue weighted by molar-refractivity contribution is 0.0527. The van der Waals surface area contributed by atoms with E-state index in [-0.39, 0.29) is 12.5 Å². The van der Waals surface area contributed by atoms with E-state index in [9.17, 15) is 9.59 Å². The van der Waals surface area contributed by atoms with Crippen LogP contribution in [-0.2, 0) is 11.2 Å². The van der Waals surface area contributed by atoms with E-state index in [1.807, 2.05) is 44.2 Å². The molecule has 2 aromatic heterocycles. The third-order valence-corrected chi connectivity index (χ3v) is 5.47. The van der Waals surface area contributed by atoms with E-state index in [2.05, 4.69) is 10.5 Å². The van der Waals surface area contributed by atoms with Gasteiger partial charge in [0.15, 0.2) is 0 Å². The minimum Gasteiger partial charge on any atom is -0.462 e. The normalized spacial score (nSPS) is 10.7. The van der Waals surface area contributed by atoms with Gasteiger partial charge >= 0.3 is 5.97 Å². The molecule has 0 fully saturated rings. The summed E-state index contributed by atoms with van der Waals surface area (Å²) in [5.74, 6) is -0.380. The zero-order valence-corrected chi connectivity index (χ0v) is 17.1. The summed E-state index contributed by atoms with van der Waals surface area (Å²) in [4.78, 5) is 26.5. The highest BCUT2D eigenvalue weighted by Crippen LogP contribution is 2.35. The maximum Gasteiger partial charge on any atom is 0.341 e. The molecule has 3 rings (SSSR count). The van der Waals surface area contributed by atoms with Gasteiger partial charge in [-0.05, 0) is 32.8 Å². The molecule has 0 saturated carbocycles. The lowest BCUT2D eigenvalue weighted by Crippen LogP contribution is -2.16. The van der Waals surface area contributed by atoms with E-state index >= 15 is 0 Å². The summed E-state index contributed by atoms with van der Waals surface area (Å²) in [6.07, 6.45) is 0.675. The molecule has 0 spiro atoms. The van der Waals surface area contributed by atoms with E-state index in [1.54, 1.807) is 13.8 Å². The molecule has 1 aromatic carbocycles. The first-order valence-corrected chi connectivity index (χ1v) is 9.91. The molecule has 2 heterocycles. The highest BCUT2D eigenvalue weighted by Gasteiger charge is 2.27. The van der Waals surface area contributed by atoms with Crippen LogP contribution in [0.1, 0.15) is 50.8 Å². The van der Waals surface area contributed by atoms with Crippen molar-refractivity contribution in [2.75, 3.05) is 11.9 Å². The van der Waals surface area contributed by atoms with Crippen LogP contribution in [0.2, 0.25) is 0 Å². The number of carbonyl (C=O) groups excluding carboxylic acids is 2. The maximum atomic E-state index is 13.1. The number of anilines is 1. The smallest absolute Gasteiger partial charge is 0.341 e. The lowest BCUT2D eigenvalue weighted by atomic mass is 10.1. The van der Waals surface area contributed by atoms with Crippen LogP contribution in [0.4, 0.5) is 5.00 Å². The Balaban J connectivity index is 1.99. The van der Waals surface area contributed by atoms with Gasteiger partial charge in [-0.3, -0.25) is 4.79 Å². The van der Waals surface area contributed by atoms with Gasteiger partial charge in [0.25, 0.3) is 5.91 Å². The van der Waals surface area contributed by atoms with Crippen molar-refractivity contribution in [3.8, 4) is 11.3 Å². The van der Waals surface area contributed by atoms with Gasteiger partial charge in [-0.15, -0.1) is 11.3 Å². The van der Waals surface area contributed by atoms with Gasteiger partial charge in [0.1, 0.15) is 22.0 Å². The number of esters is 1. The van der Waals surface area contributed by atoms with Crippen LogP contribution < -0.4 is 5.32 Å². The zero-order valence-electron chi connectivity index (χ0n) is 16.3. The SMILES string of the molecule is CCOC(=O)c1c(NC(=O)c2c(-c3ccccc3)noc2C)sc(C)c1CC. The van der Waals surface area contributed by atoms with Crippen LogP contribution in [0.25, 0.3) is 11.3 Å². The van der Waals surface area contributed by atoms with Crippen LogP contribution in [0.15, 0.2) is 34.9 Å². The fourth-order valence-corrected chi connectivity index (χ4v) is 4.24. The topological polar surface area (TPSA) is 81.4 Å². The van der Waals surface area contributed by atoms with Crippen molar-refractivity contribution >= 4 is 28.2 Å². The van der Waals surface area contributed by atoms with Crippen molar-refractivity contribution in [2.24, 2.45) is 0 Å². The monoisotopic (exact) mass is 398 g/mol. The second kappa shape index (κ2) is 8.39. The Bertz CT molecular complexity index is 1010. The van der Waals surface area contributed by atoms with Gasteiger partial charge in [0.2, 0.25) is 0 Å². The fraction of sp³-hybridized carbons (Fsp3) is 0.286. The number of carbonyl (C=O) groups is 2. The Morgan fingerprint density at radius 2 is 1.86 bits per heavy atom.